The molecule has 0 radical (unpaired) electrons. The molecule has 1 saturated heterocycles. The van der Waals surface area contributed by atoms with Crippen molar-refractivity contribution < 1.29 is 19.5 Å². The van der Waals surface area contributed by atoms with Gasteiger partial charge < -0.3 is 15.3 Å². The molecule has 3 aromatic rings. The smallest absolute Gasteiger partial charge is 0.357 e. The number of nitrogens with one attached hydrogen (secondary N) is 1. The molecule has 3 atom stereocenters. The van der Waals surface area contributed by atoms with Crippen molar-refractivity contribution in [2.24, 2.45) is 5.92 Å². The molecule has 2 N–H and O–H groups in total. The topological polar surface area (TPSA) is 130 Å². The highest BCUT2D eigenvalue weighted by Crippen LogP contribution is 2.48. The lowest BCUT2D eigenvalue weighted by atomic mass is 10.1. The lowest BCUT2D eigenvalue weighted by Gasteiger charge is -2.26. The van der Waals surface area contributed by atoms with E-state index in [1.54, 1.807) is 29.2 Å². The van der Waals surface area contributed by atoms with Gasteiger partial charge in [-0.1, -0.05) is 6.07 Å². The number of rotatable bonds is 5. The van der Waals surface area contributed by atoms with Crippen molar-refractivity contribution in [2.75, 3.05) is 5.32 Å². The van der Waals surface area contributed by atoms with Crippen LogP contribution in [0.1, 0.15) is 23.3 Å². The molecule has 2 aliphatic rings. The molecule has 2 amide bonds. The van der Waals surface area contributed by atoms with Gasteiger partial charge in [-0.05, 0) is 52.9 Å². The highest BCUT2D eigenvalue weighted by molar-refractivity contribution is 9.10. The first-order valence-electron chi connectivity index (χ1n) is 9.71. The first-order chi connectivity index (χ1) is 14.9. The second kappa shape index (κ2) is 7.41. The number of hydrogen-bond donors (Lipinski definition) is 2. The first-order valence-corrected chi connectivity index (χ1v) is 10.5. The maximum atomic E-state index is 13.2. The summed E-state index contributed by atoms with van der Waals surface area (Å²) in [5.74, 6) is -1.03. The van der Waals surface area contributed by atoms with Gasteiger partial charge >= 0.3 is 5.97 Å². The highest BCUT2D eigenvalue weighted by atomic mass is 79.9. The van der Waals surface area contributed by atoms with Crippen LogP contribution >= 0.6 is 15.9 Å². The van der Waals surface area contributed by atoms with Crippen molar-refractivity contribution in [2.45, 2.75) is 31.5 Å². The van der Waals surface area contributed by atoms with E-state index in [1.807, 2.05) is 0 Å². The van der Waals surface area contributed by atoms with Crippen LogP contribution in [0.15, 0.2) is 41.3 Å². The molecule has 1 aliphatic carbocycles. The molecule has 0 aromatic carbocycles. The molecule has 31 heavy (non-hydrogen) atoms. The normalized spacial score (nSPS) is 21.7. The van der Waals surface area contributed by atoms with E-state index in [4.69, 9.17) is 0 Å². The van der Waals surface area contributed by atoms with E-state index < -0.39 is 12.0 Å². The number of fused-ring (bicyclic) bond motifs is 2. The Kier molecular flexibility index (Phi) is 4.69. The lowest BCUT2D eigenvalue weighted by molar-refractivity contribution is -0.138. The largest absolute Gasteiger partial charge is 0.476 e. The zero-order valence-corrected chi connectivity index (χ0v) is 17.7. The Bertz CT molecular complexity index is 1230. The van der Waals surface area contributed by atoms with E-state index in [0.29, 0.717) is 33.7 Å². The van der Waals surface area contributed by atoms with Gasteiger partial charge in [0.15, 0.2) is 5.69 Å². The molecule has 4 heterocycles. The fraction of sp³-hybridized carbons (Fsp3) is 0.300. The van der Waals surface area contributed by atoms with Gasteiger partial charge in [0, 0.05) is 18.4 Å². The highest BCUT2D eigenvalue weighted by Gasteiger charge is 2.56. The minimum atomic E-state index is -1.19. The minimum Gasteiger partial charge on any atom is -0.476 e. The average molecular weight is 485 g/mol. The summed E-state index contributed by atoms with van der Waals surface area (Å²) in [5, 5.41) is 16.6. The van der Waals surface area contributed by atoms with Crippen LogP contribution in [0, 0.1) is 5.92 Å². The average Bonchev–Trinajstić information content (AvgIpc) is 3.24. The van der Waals surface area contributed by atoms with Gasteiger partial charge in [-0.2, -0.15) is 5.10 Å². The molecule has 0 unspecified atom stereocenters. The number of piperidine rings is 1. The number of nitrogens with zero attached hydrogens (tertiary/aromatic N) is 5. The van der Waals surface area contributed by atoms with Crippen LogP contribution in [-0.4, -0.2) is 59.6 Å². The number of aromatic nitrogens is 4. The molecule has 10 nitrogen and oxygen atoms in total. The molecule has 0 spiro atoms. The number of carbonyl (C=O) groups excluding carboxylic acids is 2. The van der Waals surface area contributed by atoms with Crippen LogP contribution in [0.25, 0.3) is 10.9 Å². The van der Waals surface area contributed by atoms with Crippen molar-refractivity contribution in [3.05, 3.63) is 47.0 Å². The molecule has 0 bridgehead atoms. The number of aromatic carboxylic acids is 1. The predicted octanol–water partition coefficient (Wildman–Crippen LogP) is 1.92. The Hall–Kier alpha value is -3.34. The molecular formula is C20H17BrN6O4. The van der Waals surface area contributed by atoms with E-state index in [1.165, 1.54) is 17.1 Å². The molecule has 2 fully saturated rings. The second-order valence-corrected chi connectivity index (χ2v) is 8.47. The van der Waals surface area contributed by atoms with Crippen molar-refractivity contribution >= 4 is 50.4 Å². The summed E-state index contributed by atoms with van der Waals surface area (Å²) in [6, 6.07) is 6.25. The number of amides is 2. The molecular weight excluding hydrogens is 468 g/mol. The Morgan fingerprint density at radius 3 is 2.84 bits per heavy atom. The van der Waals surface area contributed by atoms with Gasteiger partial charge in [-0.3, -0.25) is 19.3 Å². The molecule has 3 aromatic heterocycles. The van der Waals surface area contributed by atoms with Gasteiger partial charge in [0.2, 0.25) is 11.8 Å². The number of carbonyl (C=O) groups is 3. The third-order valence-corrected chi connectivity index (χ3v) is 6.14. The van der Waals surface area contributed by atoms with Gasteiger partial charge in [-0.15, -0.1) is 0 Å². The minimum absolute atomic E-state index is 0.0288. The van der Waals surface area contributed by atoms with Gasteiger partial charge in [0.1, 0.15) is 23.0 Å². The van der Waals surface area contributed by atoms with E-state index in [9.17, 15) is 19.5 Å². The number of hydrogen-bond acceptors (Lipinski definition) is 6. The summed E-state index contributed by atoms with van der Waals surface area (Å²) in [7, 11) is 0. The Morgan fingerprint density at radius 1 is 1.23 bits per heavy atom. The summed E-state index contributed by atoms with van der Waals surface area (Å²) >= 11 is 3.27. The van der Waals surface area contributed by atoms with Crippen LogP contribution < -0.4 is 5.32 Å². The quantitative estimate of drug-likeness (QED) is 0.528. The number of pyridine rings is 2. The maximum absolute atomic E-state index is 13.2. The summed E-state index contributed by atoms with van der Waals surface area (Å²) < 4.78 is 1.96. The monoisotopic (exact) mass is 484 g/mol. The van der Waals surface area contributed by atoms with Crippen LogP contribution in [0.4, 0.5) is 5.82 Å². The Balaban J connectivity index is 1.38. The number of halogens is 1. The number of anilines is 1. The molecule has 1 saturated carbocycles. The van der Waals surface area contributed by atoms with Crippen LogP contribution in [0.2, 0.25) is 0 Å². The lowest BCUT2D eigenvalue weighted by Crippen LogP contribution is -2.46. The molecule has 11 heteroatoms. The number of carboxylic acids is 1. The van der Waals surface area contributed by atoms with Crippen molar-refractivity contribution in [1.29, 1.82) is 0 Å². The van der Waals surface area contributed by atoms with Crippen LogP contribution in [0.5, 0.6) is 0 Å². The summed E-state index contributed by atoms with van der Waals surface area (Å²) in [6.07, 6.45) is 4.40. The summed E-state index contributed by atoms with van der Waals surface area (Å²) in [5.41, 5.74) is 0.350. The fourth-order valence-corrected chi connectivity index (χ4v) is 4.59. The van der Waals surface area contributed by atoms with Gasteiger partial charge in [0.25, 0.3) is 0 Å². The summed E-state index contributed by atoms with van der Waals surface area (Å²) in [4.78, 5) is 47.4. The van der Waals surface area contributed by atoms with Gasteiger partial charge in [0.05, 0.1) is 10.9 Å². The Morgan fingerprint density at radius 2 is 2.06 bits per heavy atom. The standard InChI is InChI=1S/C20H17BrN6O4/c21-15-2-1-3-16(23-15)24-19(29)14-7-10-6-13(10)27(14)17(28)9-26-12-4-5-22-8-11(12)18(25-26)20(30)31/h1-5,8,10,13-14H,6-7,9H2,(H,30,31)(H,23,24,29)/t10-,13-,14+/m1/s1. The van der Waals surface area contributed by atoms with Crippen molar-refractivity contribution in [3.8, 4) is 0 Å². The predicted molar refractivity (Wildman–Crippen MR) is 112 cm³/mol. The SMILES string of the molecule is O=C(O)c1nn(CC(=O)N2[C@@H]3C[C@@H]3C[C@H]2C(=O)Nc2cccc(Br)n2)c2ccncc12. The molecule has 1 aliphatic heterocycles. The van der Waals surface area contributed by atoms with E-state index in [0.717, 1.165) is 6.42 Å². The molecule has 5 rings (SSSR count). The zero-order chi connectivity index (χ0) is 21.7. The first kappa shape index (κ1) is 19.6. The molecule has 158 valence electrons. The number of likely N-dealkylation sites (tertiary alicyclic amines) is 1. The van der Waals surface area contributed by atoms with E-state index in [-0.39, 0.29) is 30.1 Å². The van der Waals surface area contributed by atoms with Crippen molar-refractivity contribution in [1.82, 2.24) is 24.6 Å². The maximum Gasteiger partial charge on any atom is 0.357 e. The zero-order valence-electron chi connectivity index (χ0n) is 16.1. The fourth-order valence-electron chi connectivity index (χ4n) is 4.25. The second-order valence-electron chi connectivity index (χ2n) is 7.65. The number of carboxylic acid groups (broad SMARTS) is 1. The van der Waals surface area contributed by atoms with Crippen LogP contribution in [-0.2, 0) is 16.1 Å². The van der Waals surface area contributed by atoms with Crippen LogP contribution in [0.3, 0.4) is 0 Å². The Labute approximate surface area is 184 Å². The summed E-state index contributed by atoms with van der Waals surface area (Å²) in [6.45, 7) is -0.157. The third kappa shape index (κ3) is 3.54. The van der Waals surface area contributed by atoms with E-state index >= 15 is 0 Å². The van der Waals surface area contributed by atoms with Gasteiger partial charge in [-0.25, -0.2) is 9.78 Å². The van der Waals surface area contributed by atoms with E-state index in [2.05, 4.69) is 36.3 Å². The third-order valence-electron chi connectivity index (χ3n) is 5.70. The van der Waals surface area contributed by atoms with Crippen molar-refractivity contribution in [3.63, 3.8) is 0 Å².